The molecule has 0 bridgehead atoms. The summed E-state index contributed by atoms with van der Waals surface area (Å²) >= 11 is 0. The number of carbonyl (C=O) groups is 1. The monoisotopic (exact) mass is 356 g/mol. The van der Waals surface area contributed by atoms with Crippen LogP contribution in [0.4, 0.5) is 8.78 Å². The lowest BCUT2D eigenvalue weighted by Gasteiger charge is -2.10. The van der Waals surface area contributed by atoms with Crippen LogP contribution in [0.2, 0.25) is 0 Å². The van der Waals surface area contributed by atoms with Crippen LogP contribution in [-0.4, -0.2) is 25.7 Å². The molecule has 0 saturated heterocycles. The van der Waals surface area contributed by atoms with Crippen molar-refractivity contribution in [3.8, 4) is 11.5 Å². The fourth-order valence-corrected chi connectivity index (χ4v) is 2.18. The summed E-state index contributed by atoms with van der Waals surface area (Å²) < 4.78 is 32.3. The summed E-state index contributed by atoms with van der Waals surface area (Å²) in [5, 5.41) is 0. The maximum Gasteiger partial charge on any atom is 0.286 e. The van der Waals surface area contributed by atoms with Crippen molar-refractivity contribution in [2.45, 2.75) is 19.3 Å². The van der Waals surface area contributed by atoms with Crippen molar-refractivity contribution in [3.63, 3.8) is 0 Å². The molecule has 3 aromatic heterocycles. The zero-order chi connectivity index (χ0) is 18.6. The zero-order valence-electron chi connectivity index (χ0n) is 13.8. The molecule has 0 aliphatic heterocycles. The van der Waals surface area contributed by atoms with Crippen LogP contribution in [0.5, 0.6) is 11.5 Å². The van der Waals surface area contributed by atoms with Gasteiger partial charge >= 0.3 is 0 Å². The summed E-state index contributed by atoms with van der Waals surface area (Å²) in [6.07, 6.45) is 5.62. The first-order valence-electron chi connectivity index (χ1n) is 7.68. The number of nitrogens with zero attached hydrogens (tertiary/aromatic N) is 4. The van der Waals surface area contributed by atoms with Crippen molar-refractivity contribution in [1.82, 2.24) is 19.9 Å². The standard InChI is InChI=1S/C18H14F2N4O2/c1-18(19,20)17-4-2-3-12(24-17)7-16(25)15-8-13(5-6-23-15)26-14-9-21-11-22-10-14/h2-6,8-11H,7H2,1H3. The van der Waals surface area contributed by atoms with E-state index in [4.69, 9.17) is 4.74 Å². The number of alkyl halides is 2. The first kappa shape index (κ1) is 17.5. The number of ether oxygens (including phenoxy) is 1. The van der Waals surface area contributed by atoms with Gasteiger partial charge in [-0.25, -0.2) is 9.97 Å². The average molecular weight is 356 g/mol. The summed E-state index contributed by atoms with van der Waals surface area (Å²) in [5.74, 6) is -2.62. The van der Waals surface area contributed by atoms with Crippen LogP contribution < -0.4 is 4.74 Å². The molecule has 0 aliphatic carbocycles. The lowest BCUT2D eigenvalue weighted by Crippen LogP contribution is -2.13. The third-order valence-corrected chi connectivity index (χ3v) is 3.39. The van der Waals surface area contributed by atoms with E-state index in [2.05, 4.69) is 19.9 Å². The van der Waals surface area contributed by atoms with Gasteiger partial charge in [0.1, 0.15) is 23.5 Å². The van der Waals surface area contributed by atoms with E-state index in [1.165, 1.54) is 49.2 Å². The molecule has 0 spiro atoms. The molecule has 6 nitrogen and oxygen atoms in total. The number of carbonyl (C=O) groups excluding carboxylic acids is 1. The predicted molar refractivity (Wildman–Crippen MR) is 88.2 cm³/mol. The summed E-state index contributed by atoms with van der Waals surface area (Å²) in [6.45, 7) is 0.761. The van der Waals surface area contributed by atoms with E-state index in [-0.39, 0.29) is 29.3 Å². The number of rotatable bonds is 6. The number of ketones is 1. The molecule has 0 atom stereocenters. The summed E-state index contributed by atoms with van der Waals surface area (Å²) in [7, 11) is 0. The fourth-order valence-electron chi connectivity index (χ4n) is 2.18. The number of hydrogen-bond donors (Lipinski definition) is 0. The molecule has 0 saturated carbocycles. The second-order valence-corrected chi connectivity index (χ2v) is 5.56. The summed E-state index contributed by atoms with van der Waals surface area (Å²) in [6, 6.07) is 7.25. The van der Waals surface area contributed by atoms with Crippen LogP contribution in [0, 0.1) is 0 Å². The fraction of sp³-hybridized carbons (Fsp3) is 0.167. The van der Waals surface area contributed by atoms with E-state index >= 15 is 0 Å². The second-order valence-electron chi connectivity index (χ2n) is 5.56. The Kier molecular flexibility index (Phi) is 4.92. The van der Waals surface area contributed by atoms with Crippen LogP contribution in [0.1, 0.15) is 28.8 Å². The Bertz CT molecular complexity index is 914. The topological polar surface area (TPSA) is 77.9 Å². The van der Waals surface area contributed by atoms with E-state index in [0.717, 1.165) is 6.92 Å². The normalized spacial score (nSPS) is 11.2. The lowest BCUT2D eigenvalue weighted by atomic mass is 10.1. The smallest absolute Gasteiger partial charge is 0.286 e. The third-order valence-electron chi connectivity index (χ3n) is 3.39. The molecule has 0 N–H and O–H groups in total. The summed E-state index contributed by atoms with van der Waals surface area (Å²) in [5.41, 5.74) is 0.0188. The molecule has 0 fully saturated rings. The van der Waals surface area contributed by atoms with E-state index in [9.17, 15) is 13.6 Å². The van der Waals surface area contributed by atoms with Crippen LogP contribution in [0.25, 0.3) is 0 Å². The molecule has 0 amide bonds. The van der Waals surface area contributed by atoms with Crippen molar-refractivity contribution in [2.24, 2.45) is 0 Å². The zero-order valence-corrected chi connectivity index (χ0v) is 13.8. The number of halogens is 2. The quantitative estimate of drug-likeness (QED) is 0.628. The molecule has 0 unspecified atom stereocenters. The maximum absolute atomic E-state index is 13.4. The third kappa shape index (κ3) is 4.41. The molecular formula is C18H14F2N4O2. The van der Waals surface area contributed by atoms with Crippen molar-refractivity contribution in [1.29, 1.82) is 0 Å². The Hall–Kier alpha value is -3.29. The SMILES string of the molecule is CC(F)(F)c1cccc(CC(=O)c2cc(Oc3cncnc3)ccn2)n1. The Balaban J connectivity index is 1.75. The van der Waals surface area contributed by atoms with Crippen molar-refractivity contribution >= 4 is 5.78 Å². The van der Waals surface area contributed by atoms with Gasteiger partial charge in [-0.15, -0.1) is 0 Å². The van der Waals surface area contributed by atoms with Gasteiger partial charge in [0, 0.05) is 24.9 Å². The number of Topliss-reactive ketones (excluding diaryl/α,β-unsaturated/α-hetero) is 1. The van der Waals surface area contributed by atoms with Gasteiger partial charge in [-0.2, -0.15) is 8.78 Å². The van der Waals surface area contributed by atoms with Gasteiger partial charge in [-0.1, -0.05) is 6.07 Å². The number of hydrogen-bond acceptors (Lipinski definition) is 6. The van der Waals surface area contributed by atoms with E-state index < -0.39 is 5.92 Å². The highest BCUT2D eigenvalue weighted by Crippen LogP contribution is 2.25. The van der Waals surface area contributed by atoms with E-state index in [0.29, 0.717) is 11.5 Å². The van der Waals surface area contributed by atoms with Crippen molar-refractivity contribution in [2.75, 3.05) is 0 Å². The lowest BCUT2D eigenvalue weighted by molar-refractivity contribution is 0.0125. The highest BCUT2D eigenvalue weighted by molar-refractivity contribution is 5.95. The van der Waals surface area contributed by atoms with Crippen LogP contribution in [0.15, 0.2) is 55.2 Å². The minimum Gasteiger partial charge on any atom is -0.454 e. The second kappa shape index (κ2) is 7.30. The first-order valence-corrected chi connectivity index (χ1v) is 7.68. The minimum absolute atomic E-state index is 0.144. The largest absolute Gasteiger partial charge is 0.454 e. The highest BCUT2D eigenvalue weighted by atomic mass is 19.3. The Morgan fingerprint density at radius 2 is 1.92 bits per heavy atom. The van der Waals surface area contributed by atoms with Gasteiger partial charge < -0.3 is 4.74 Å². The predicted octanol–water partition coefficient (Wildman–Crippen LogP) is 3.60. The van der Waals surface area contributed by atoms with Crippen LogP contribution in [-0.2, 0) is 12.3 Å². The Morgan fingerprint density at radius 3 is 2.65 bits per heavy atom. The molecule has 3 heterocycles. The van der Waals surface area contributed by atoms with Gasteiger partial charge in [0.25, 0.3) is 5.92 Å². The number of pyridine rings is 2. The number of aromatic nitrogens is 4. The van der Waals surface area contributed by atoms with Crippen LogP contribution in [0.3, 0.4) is 0 Å². The highest BCUT2D eigenvalue weighted by Gasteiger charge is 2.26. The molecule has 0 radical (unpaired) electrons. The molecule has 3 rings (SSSR count). The summed E-state index contributed by atoms with van der Waals surface area (Å²) in [4.78, 5) is 27.9. The molecular weight excluding hydrogens is 342 g/mol. The molecule has 3 aromatic rings. The molecule has 26 heavy (non-hydrogen) atoms. The van der Waals surface area contributed by atoms with Gasteiger partial charge in [0.05, 0.1) is 18.8 Å². The average Bonchev–Trinajstić information content (AvgIpc) is 2.62. The molecule has 132 valence electrons. The van der Waals surface area contributed by atoms with Gasteiger partial charge in [-0.05, 0) is 18.2 Å². The van der Waals surface area contributed by atoms with Crippen molar-refractivity contribution in [3.05, 3.63) is 72.3 Å². The van der Waals surface area contributed by atoms with Crippen molar-refractivity contribution < 1.29 is 18.3 Å². The minimum atomic E-state index is -3.07. The van der Waals surface area contributed by atoms with E-state index in [1.807, 2.05) is 0 Å². The molecule has 0 aliphatic rings. The van der Waals surface area contributed by atoms with Gasteiger partial charge in [0.2, 0.25) is 0 Å². The molecule has 0 aromatic carbocycles. The Labute approximate surface area is 147 Å². The van der Waals surface area contributed by atoms with Crippen LogP contribution >= 0.6 is 0 Å². The maximum atomic E-state index is 13.4. The first-order chi connectivity index (χ1) is 12.4. The van der Waals surface area contributed by atoms with Gasteiger partial charge in [-0.3, -0.25) is 14.8 Å². The Morgan fingerprint density at radius 1 is 1.15 bits per heavy atom. The van der Waals surface area contributed by atoms with Gasteiger partial charge in [0.15, 0.2) is 11.5 Å². The van der Waals surface area contributed by atoms with E-state index in [1.54, 1.807) is 6.07 Å². The molecule has 8 heteroatoms.